The minimum atomic E-state index is -3.73. The van der Waals surface area contributed by atoms with E-state index in [-0.39, 0.29) is 16.3 Å². The Bertz CT molecular complexity index is 506. The molecule has 96 valence electrons. The number of nitrogens with one attached hydrogen (secondary N) is 1. The second-order valence-electron chi connectivity index (χ2n) is 3.27. The van der Waals surface area contributed by atoms with E-state index in [0.29, 0.717) is 11.3 Å². The summed E-state index contributed by atoms with van der Waals surface area (Å²) in [4.78, 5) is 10.7. The molecule has 0 saturated carbocycles. The third-order valence-corrected chi connectivity index (χ3v) is 5.45. The zero-order valence-electron chi connectivity index (χ0n) is 9.39. The summed E-state index contributed by atoms with van der Waals surface area (Å²) in [5, 5.41) is 10.5. The Labute approximate surface area is 108 Å². The molecule has 0 spiro atoms. The molecule has 2 N–H and O–H groups in total. The maximum Gasteiger partial charge on any atom is 0.347 e. The van der Waals surface area contributed by atoms with Gasteiger partial charge in [-0.2, -0.15) is 11.8 Å². The summed E-state index contributed by atoms with van der Waals surface area (Å²) in [5.41, 5.74) is 0.462. The van der Waals surface area contributed by atoms with Crippen LogP contribution in [0.4, 0.5) is 0 Å². The van der Waals surface area contributed by atoms with Gasteiger partial charge in [-0.1, -0.05) is 0 Å². The van der Waals surface area contributed by atoms with Crippen LogP contribution in [0.3, 0.4) is 0 Å². The zero-order valence-corrected chi connectivity index (χ0v) is 11.8. The van der Waals surface area contributed by atoms with E-state index in [1.54, 1.807) is 6.92 Å². The molecule has 0 radical (unpaired) electrons. The van der Waals surface area contributed by atoms with Crippen molar-refractivity contribution in [1.82, 2.24) is 4.72 Å². The van der Waals surface area contributed by atoms with Gasteiger partial charge in [0, 0.05) is 12.3 Å². The van der Waals surface area contributed by atoms with E-state index in [2.05, 4.69) is 4.72 Å². The first-order chi connectivity index (χ1) is 7.90. The van der Waals surface area contributed by atoms with Crippen molar-refractivity contribution in [3.05, 3.63) is 15.8 Å². The van der Waals surface area contributed by atoms with Crippen LogP contribution in [-0.2, 0) is 10.0 Å². The largest absolute Gasteiger partial charge is 0.477 e. The van der Waals surface area contributed by atoms with Crippen LogP contribution in [0.2, 0.25) is 0 Å². The van der Waals surface area contributed by atoms with Crippen LogP contribution in [0.5, 0.6) is 0 Å². The predicted molar refractivity (Wildman–Crippen MR) is 69.6 cm³/mol. The van der Waals surface area contributed by atoms with E-state index in [1.807, 2.05) is 6.26 Å². The highest BCUT2D eigenvalue weighted by atomic mass is 32.2. The summed E-state index contributed by atoms with van der Waals surface area (Å²) in [7, 11) is -3.73. The predicted octanol–water partition coefficient (Wildman–Crippen LogP) is 1.40. The number of sulfonamides is 1. The summed E-state index contributed by atoms with van der Waals surface area (Å²) in [6, 6.07) is 0. The fourth-order valence-corrected chi connectivity index (χ4v) is 4.36. The van der Waals surface area contributed by atoms with Gasteiger partial charge in [0.15, 0.2) is 0 Å². The van der Waals surface area contributed by atoms with Gasteiger partial charge < -0.3 is 5.11 Å². The molecule has 0 bridgehead atoms. The summed E-state index contributed by atoms with van der Waals surface area (Å²) in [6.45, 7) is 1.88. The maximum absolute atomic E-state index is 11.9. The second-order valence-corrected chi connectivity index (χ2v) is 6.84. The van der Waals surface area contributed by atoms with Gasteiger partial charge in [0.2, 0.25) is 10.0 Å². The monoisotopic (exact) mass is 295 g/mol. The first-order valence-corrected chi connectivity index (χ1v) is 8.45. The SMILES string of the molecule is CSCCNS(=O)(=O)c1c(C)csc1C(=O)O. The van der Waals surface area contributed by atoms with Crippen molar-refractivity contribution in [3.8, 4) is 0 Å². The van der Waals surface area contributed by atoms with Gasteiger partial charge in [-0.15, -0.1) is 11.3 Å². The fraction of sp³-hybridized carbons (Fsp3) is 0.444. The normalized spacial score (nSPS) is 11.6. The van der Waals surface area contributed by atoms with Crippen molar-refractivity contribution in [2.24, 2.45) is 0 Å². The van der Waals surface area contributed by atoms with Gasteiger partial charge in [-0.05, 0) is 24.1 Å². The molecule has 0 aromatic carbocycles. The molecule has 5 nitrogen and oxygen atoms in total. The molecule has 0 amide bonds. The molecule has 0 aliphatic heterocycles. The van der Waals surface area contributed by atoms with Crippen molar-refractivity contribution in [2.75, 3.05) is 18.6 Å². The molecule has 1 rings (SSSR count). The zero-order chi connectivity index (χ0) is 13.1. The van der Waals surface area contributed by atoms with Crippen LogP contribution >= 0.6 is 23.1 Å². The van der Waals surface area contributed by atoms with Gasteiger partial charge in [0.25, 0.3) is 0 Å². The highest BCUT2D eigenvalue weighted by Crippen LogP contribution is 2.26. The Kier molecular flexibility index (Phi) is 4.99. The topological polar surface area (TPSA) is 83.5 Å². The molecule has 17 heavy (non-hydrogen) atoms. The van der Waals surface area contributed by atoms with Crippen LogP contribution in [-0.4, -0.2) is 38.0 Å². The van der Waals surface area contributed by atoms with Crippen molar-refractivity contribution < 1.29 is 18.3 Å². The maximum atomic E-state index is 11.9. The van der Waals surface area contributed by atoms with E-state index in [0.717, 1.165) is 11.3 Å². The lowest BCUT2D eigenvalue weighted by atomic mass is 10.3. The fourth-order valence-electron chi connectivity index (χ4n) is 1.27. The lowest BCUT2D eigenvalue weighted by molar-refractivity contribution is 0.0698. The Morgan fingerprint density at radius 3 is 2.76 bits per heavy atom. The molecular weight excluding hydrogens is 282 g/mol. The molecule has 0 saturated heterocycles. The third kappa shape index (κ3) is 3.44. The highest BCUT2D eigenvalue weighted by molar-refractivity contribution is 7.98. The number of carboxylic acids is 1. The van der Waals surface area contributed by atoms with Crippen molar-refractivity contribution in [1.29, 1.82) is 0 Å². The summed E-state index contributed by atoms with van der Waals surface area (Å²) >= 11 is 2.44. The molecule has 0 fully saturated rings. The van der Waals surface area contributed by atoms with Crippen molar-refractivity contribution in [2.45, 2.75) is 11.8 Å². The number of aromatic carboxylic acids is 1. The van der Waals surface area contributed by atoms with Gasteiger partial charge in [0.1, 0.15) is 9.77 Å². The first-order valence-electron chi connectivity index (χ1n) is 4.70. The Morgan fingerprint density at radius 1 is 1.59 bits per heavy atom. The molecule has 1 aromatic heterocycles. The van der Waals surface area contributed by atoms with Crippen molar-refractivity contribution in [3.63, 3.8) is 0 Å². The quantitative estimate of drug-likeness (QED) is 0.775. The molecule has 8 heteroatoms. The minimum absolute atomic E-state index is 0.115. The average molecular weight is 295 g/mol. The summed E-state index contributed by atoms with van der Waals surface area (Å²) < 4.78 is 26.3. The van der Waals surface area contributed by atoms with Gasteiger partial charge >= 0.3 is 5.97 Å². The van der Waals surface area contributed by atoms with Crippen LogP contribution in [0.1, 0.15) is 15.2 Å². The number of thiophene rings is 1. The minimum Gasteiger partial charge on any atom is -0.477 e. The number of carbonyl (C=O) groups is 1. The van der Waals surface area contributed by atoms with Gasteiger partial charge in [-0.25, -0.2) is 17.9 Å². The van der Waals surface area contributed by atoms with Crippen LogP contribution < -0.4 is 4.72 Å². The number of rotatable bonds is 6. The molecule has 1 aromatic rings. The first kappa shape index (κ1) is 14.5. The second kappa shape index (κ2) is 5.85. The van der Waals surface area contributed by atoms with Crippen LogP contribution in [0.25, 0.3) is 0 Å². The number of hydrogen-bond donors (Lipinski definition) is 2. The average Bonchev–Trinajstić information content (AvgIpc) is 2.61. The number of carboxylic acid groups (broad SMARTS) is 1. The molecule has 0 unspecified atom stereocenters. The lowest BCUT2D eigenvalue weighted by Gasteiger charge is -2.06. The molecular formula is C9H13NO4S3. The molecule has 0 aliphatic rings. The lowest BCUT2D eigenvalue weighted by Crippen LogP contribution is -2.27. The number of hydrogen-bond acceptors (Lipinski definition) is 5. The van der Waals surface area contributed by atoms with E-state index in [1.165, 1.54) is 17.1 Å². The smallest absolute Gasteiger partial charge is 0.347 e. The summed E-state index contributed by atoms with van der Waals surface area (Å²) in [5.74, 6) is -0.571. The van der Waals surface area contributed by atoms with E-state index >= 15 is 0 Å². The molecule has 0 aliphatic carbocycles. The molecule has 1 heterocycles. The van der Waals surface area contributed by atoms with Crippen LogP contribution in [0.15, 0.2) is 10.3 Å². The highest BCUT2D eigenvalue weighted by Gasteiger charge is 2.26. The summed E-state index contributed by atoms with van der Waals surface area (Å²) in [6.07, 6.45) is 1.87. The number of aryl methyl sites for hydroxylation is 1. The standard InChI is InChI=1S/C9H13NO4S3/c1-6-5-16-7(9(11)12)8(6)17(13,14)10-3-4-15-2/h5,10H,3-4H2,1-2H3,(H,11,12). The van der Waals surface area contributed by atoms with E-state index < -0.39 is 16.0 Å². The third-order valence-electron chi connectivity index (χ3n) is 1.98. The Morgan fingerprint density at radius 2 is 2.24 bits per heavy atom. The van der Waals surface area contributed by atoms with E-state index in [9.17, 15) is 13.2 Å². The molecule has 0 atom stereocenters. The van der Waals surface area contributed by atoms with Crippen LogP contribution in [0, 0.1) is 6.92 Å². The van der Waals surface area contributed by atoms with Crippen molar-refractivity contribution >= 4 is 39.1 Å². The van der Waals surface area contributed by atoms with E-state index in [4.69, 9.17) is 5.11 Å². The number of thioether (sulfide) groups is 1. The Hall–Kier alpha value is -0.570. The van der Waals surface area contributed by atoms with Gasteiger partial charge in [0.05, 0.1) is 0 Å². The van der Waals surface area contributed by atoms with Gasteiger partial charge in [-0.3, -0.25) is 0 Å². The Balaban J connectivity index is 3.06.